The number of hydrogen-bond donors (Lipinski definition) is 1. The van der Waals surface area contributed by atoms with Crippen molar-refractivity contribution in [1.29, 1.82) is 0 Å². The molecular formula is C19H21NO2S. The van der Waals surface area contributed by atoms with E-state index in [2.05, 4.69) is 12.1 Å². The summed E-state index contributed by atoms with van der Waals surface area (Å²) in [5.74, 6) is 0.287. The Bertz CT molecular complexity index is 697. The summed E-state index contributed by atoms with van der Waals surface area (Å²) >= 11 is 1.58. The van der Waals surface area contributed by atoms with E-state index < -0.39 is 6.10 Å². The maximum Gasteiger partial charge on any atom is 0.230 e. The number of amides is 1. The fourth-order valence-corrected chi connectivity index (χ4v) is 4.63. The number of carbonyl (C=O) groups is 1. The van der Waals surface area contributed by atoms with Crippen LogP contribution in [-0.4, -0.2) is 28.5 Å². The van der Waals surface area contributed by atoms with E-state index in [9.17, 15) is 9.90 Å². The molecule has 1 aliphatic carbocycles. The second kappa shape index (κ2) is 6.10. The zero-order valence-electron chi connectivity index (χ0n) is 13.0. The van der Waals surface area contributed by atoms with Crippen molar-refractivity contribution >= 4 is 17.2 Å². The van der Waals surface area contributed by atoms with Gasteiger partial charge in [-0.2, -0.15) is 0 Å². The van der Waals surface area contributed by atoms with Crippen LogP contribution >= 0.6 is 11.3 Å². The first-order valence-electron chi connectivity index (χ1n) is 8.34. The zero-order chi connectivity index (χ0) is 15.8. The summed E-state index contributed by atoms with van der Waals surface area (Å²) in [6, 6.07) is 12.3. The summed E-state index contributed by atoms with van der Waals surface area (Å²) in [5, 5.41) is 12.4. The highest BCUT2D eigenvalue weighted by atomic mass is 32.1. The third-order valence-electron chi connectivity index (χ3n) is 5.18. The summed E-state index contributed by atoms with van der Waals surface area (Å²) in [6.45, 7) is 0.833. The first-order valence-corrected chi connectivity index (χ1v) is 9.22. The van der Waals surface area contributed by atoms with E-state index in [1.807, 2.05) is 34.5 Å². The Morgan fingerprint density at radius 3 is 2.96 bits per heavy atom. The van der Waals surface area contributed by atoms with Crippen molar-refractivity contribution in [3.8, 4) is 0 Å². The fourth-order valence-electron chi connectivity index (χ4n) is 3.90. The molecule has 1 aliphatic heterocycles. The van der Waals surface area contributed by atoms with Crippen LogP contribution in [-0.2, 0) is 11.2 Å². The van der Waals surface area contributed by atoms with E-state index in [0.29, 0.717) is 6.42 Å². The minimum atomic E-state index is -0.456. The van der Waals surface area contributed by atoms with E-state index >= 15 is 0 Å². The van der Waals surface area contributed by atoms with E-state index in [-0.39, 0.29) is 17.9 Å². The maximum absolute atomic E-state index is 12.9. The highest BCUT2D eigenvalue weighted by Gasteiger charge is 2.39. The number of carbonyl (C=O) groups excluding carboxylic acids is 1. The lowest BCUT2D eigenvalue weighted by Gasteiger charge is -2.35. The smallest absolute Gasteiger partial charge is 0.230 e. The fraction of sp³-hybridized carbons (Fsp3) is 0.421. The molecule has 0 spiro atoms. The van der Waals surface area contributed by atoms with Gasteiger partial charge in [0.25, 0.3) is 0 Å². The lowest BCUT2D eigenvalue weighted by Crippen LogP contribution is -2.42. The minimum Gasteiger partial charge on any atom is -0.387 e. The van der Waals surface area contributed by atoms with E-state index in [4.69, 9.17) is 0 Å². The van der Waals surface area contributed by atoms with Crippen LogP contribution in [0.4, 0.5) is 0 Å². The van der Waals surface area contributed by atoms with Crippen LogP contribution in [0.25, 0.3) is 0 Å². The van der Waals surface area contributed by atoms with Gasteiger partial charge in [-0.25, -0.2) is 0 Å². The van der Waals surface area contributed by atoms with Crippen LogP contribution in [0.5, 0.6) is 0 Å². The van der Waals surface area contributed by atoms with Crippen LogP contribution in [0, 0.1) is 0 Å². The topological polar surface area (TPSA) is 40.5 Å². The molecule has 3 nitrogen and oxygen atoms in total. The second-order valence-corrected chi connectivity index (χ2v) is 7.53. The maximum atomic E-state index is 12.9. The monoisotopic (exact) mass is 327 g/mol. The summed E-state index contributed by atoms with van der Waals surface area (Å²) < 4.78 is 0. The summed E-state index contributed by atoms with van der Waals surface area (Å²) in [4.78, 5) is 15.9. The Morgan fingerprint density at radius 1 is 1.30 bits per heavy atom. The van der Waals surface area contributed by atoms with Gasteiger partial charge in [-0.1, -0.05) is 30.3 Å². The van der Waals surface area contributed by atoms with Gasteiger partial charge in [-0.3, -0.25) is 4.79 Å². The Balaban J connectivity index is 1.45. The molecule has 2 aromatic rings. The second-order valence-electron chi connectivity index (χ2n) is 6.55. The van der Waals surface area contributed by atoms with Crippen LogP contribution in [0.15, 0.2) is 41.8 Å². The average Bonchev–Trinajstić information content (AvgIpc) is 3.19. The molecule has 23 heavy (non-hydrogen) atoms. The molecule has 1 N–H and O–H groups in total. The highest BCUT2D eigenvalue weighted by Crippen LogP contribution is 2.38. The minimum absolute atomic E-state index is 0.0330. The van der Waals surface area contributed by atoms with Crippen LogP contribution in [0.3, 0.4) is 0 Å². The molecular weight excluding hydrogens is 306 g/mol. The standard InChI is InChI=1S/C19H21NO2S/c21-17(18-8-4-10-23-18)12-14-6-3-9-20(14)19(22)16-11-13-5-1-2-7-15(13)16/h1-2,4-5,7-8,10,14,16-17,21H,3,6,9,11-12H2/t14-,16+,17+/m0/s1. The number of likely N-dealkylation sites (tertiary alicyclic amines) is 1. The van der Waals surface area contributed by atoms with E-state index in [1.54, 1.807) is 11.3 Å². The Kier molecular flexibility index (Phi) is 3.95. The molecule has 0 saturated carbocycles. The van der Waals surface area contributed by atoms with Gasteiger partial charge in [0.1, 0.15) is 0 Å². The Morgan fingerprint density at radius 2 is 2.17 bits per heavy atom. The number of fused-ring (bicyclic) bond motifs is 1. The van der Waals surface area contributed by atoms with Crippen molar-refractivity contribution in [2.45, 2.75) is 43.7 Å². The number of hydrogen-bond acceptors (Lipinski definition) is 3. The first-order chi connectivity index (χ1) is 11.2. The van der Waals surface area contributed by atoms with Crippen molar-refractivity contribution in [1.82, 2.24) is 4.90 Å². The van der Waals surface area contributed by atoms with Crippen molar-refractivity contribution < 1.29 is 9.90 Å². The Hall–Kier alpha value is -1.65. The molecule has 120 valence electrons. The van der Waals surface area contributed by atoms with Gasteiger partial charge in [0, 0.05) is 17.5 Å². The van der Waals surface area contributed by atoms with Crippen LogP contribution < -0.4 is 0 Å². The van der Waals surface area contributed by atoms with E-state index in [0.717, 1.165) is 30.7 Å². The summed E-state index contributed by atoms with van der Waals surface area (Å²) in [6.07, 6.45) is 3.11. The zero-order valence-corrected chi connectivity index (χ0v) is 13.8. The molecule has 1 amide bonds. The Labute approximate surface area is 140 Å². The van der Waals surface area contributed by atoms with Gasteiger partial charge < -0.3 is 10.0 Å². The number of aliphatic hydroxyl groups is 1. The predicted octanol–water partition coefficient (Wildman–Crippen LogP) is 3.50. The molecule has 0 unspecified atom stereocenters. The van der Waals surface area contributed by atoms with Gasteiger partial charge >= 0.3 is 0 Å². The number of thiophene rings is 1. The summed E-state index contributed by atoms with van der Waals surface area (Å²) in [7, 11) is 0. The molecule has 1 fully saturated rings. The van der Waals surface area contributed by atoms with Crippen molar-refractivity contribution in [3.63, 3.8) is 0 Å². The van der Waals surface area contributed by atoms with Crippen LogP contribution in [0.1, 0.15) is 47.3 Å². The number of rotatable bonds is 4. The molecule has 0 bridgehead atoms. The number of aliphatic hydroxyl groups excluding tert-OH is 1. The van der Waals surface area contributed by atoms with Gasteiger partial charge in [-0.05, 0) is 48.3 Å². The normalized spacial score (nSPS) is 24.1. The molecule has 2 heterocycles. The largest absolute Gasteiger partial charge is 0.387 e. The number of nitrogens with zero attached hydrogens (tertiary/aromatic N) is 1. The van der Waals surface area contributed by atoms with Crippen molar-refractivity contribution in [3.05, 3.63) is 57.8 Å². The first kappa shape index (κ1) is 14.9. The van der Waals surface area contributed by atoms with E-state index in [1.165, 1.54) is 11.1 Å². The molecule has 3 atom stereocenters. The SMILES string of the molecule is O=C([C@@H]1Cc2ccccc21)N1CCC[C@H]1C[C@@H](O)c1cccs1. The average molecular weight is 327 g/mol. The molecule has 0 radical (unpaired) electrons. The number of benzene rings is 1. The summed E-state index contributed by atoms with van der Waals surface area (Å²) in [5.41, 5.74) is 2.50. The lowest BCUT2D eigenvalue weighted by molar-refractivity contribution is -0.134. The van der Waals surface area contributed by atoms with Crippen molar-refractivity contribution in [2.75, 3.05) is 6.54 Å². The molecule has 1 saturated heterocycles. The van der Waals surface area contributed by atoms with Crippen LogP contribution in [0.2, 0.25) is 0 Å². The quantitative estimate of drug-likeness (QED) is 0.933. The van der Waals surface area contributed by atoms with Gasteiger partial charge in [0.15, 0.2) is 0 Å². The lowest BCUT2D eigenvalue weighted by atomic mass is 9.76. The third kappa shape index (κ3) is 2.70. The van der Waals surface area contributed by atoms with Gasteiger partial charge in [0.05, 0.1) is 12.0 Å². The molecule has 1 aromatic carbocycles. The molecule has 4 rings (SSSR count). The highest BCUT2D eigenvalue weighted by molar-refractivity contribution is 7.10. The third-order valence-corrected chi connectivity index (χ3v) is 6.15. The predicted molar refractivity (Wildman–Crippen MR) is 91.5 cm³/mol. The van der Waals surface area contributed by atoms with Gasteiger partial charge in [0.2, 0.25) is 5.91 Å². The molecule has 4 heteroatoms. The van der Waals surface area contributed by atoms with Gasteiger partial charge in [-0.15, -0.1) is 11.3 Å². The van der Waals surface area contributed by atoms with Crippen molar-refractivity contribution in [2.24, 2.45) is 0 Å². The molecule has 2 aliphatic rings. The molecule has 1 aromatic heterocycles.